The summed E-state index contributed by atoms with van der Waals surface area (Å²) in [5.74, 6) is 1.24. The molecule has 3 aromatic rings. The first-order chi connectivity index (χ1) is 13.6. The van der Waals surface area contributed by atoms with Crippen molar-refractivity contribution in [3.63, 3.8) is 0 Å². The highest BCUT2D eigenvalue weighted by molar-refractivity contribution is 5.94. The number of carbonyl (C=O) groups is 1. The number of amides is 1. The van der Waals surface area contributed by atoms with Gasteiger partial charge in [-0.1, -0.05) is 23.8 Å². The molecule has 0 saturated carbocycles. The van der Waals surface area contributed by atoms with Crippen LogP contribution in [0.4, 0.5) is 11.4 Å². The molecule has 6 nitrogen and oxygen atoms in total. The van der Waals surface area contributed by atoms with E-state index in [4.69, 9.17) is 9.47 Å². The molecule has 28 heavy (non-hydrogen) atoms. The summed E-state index contributed by atoms with van der Waals surface area (Å²) in [5.41, 5.74) is 5.54. The summed E-state index contributed by atoms with van der Waals surface area (Å²) in [4.78, 5) is 16.7. The number of nitrogens with zero attached hydrogens (tertiary/aromatic N) is 1. The van der Waals surface area contributed by atoms with Gasteiger partial charge in [0.15, 0.2) is 11.5 Å². The summed E-state index contributed by atoms with van der Waals surface area (Å²) in [5, 5.41) is 6.24. The summed E-state index contributed by atoms with van der Waals surface area (Å²) in [6.07, 6.45) is 3.26. The molecule has 0 aliphatic carbocycles. The second-order valence-electron chi connectivity index (χ2n) is 6.78. The van der Waals surface area contributed by atoms with Crippen molar-refractivity contribution >= 4 is 17.3 Å². The zero-order valence-corrected chi connectivity index (χ0v) is 15.8. The molecule has 1 amide bonds. The Balaban J connectivity index is 1.42. The van der Waals surface area contributed by atoms with Crippen LogP contribution in [0.5, 0.6) is 11.5 Å². The molecule has 1 aliphatic heterocycles. The highest BCUT2D eigenvalue weighted by Crippen LogP contribution is 2.32. The third-order valence-electron chi connectivity index (χ3n) is 4.55. The molecule has 0 unspecified atom stereocenters. The minimum absolute atomic E-state index is 0.186. The second-order valence-corrected chi connectivity index (χ2v) is 6.78. The summed E-state index contributed by atoms with van der Waals surface area (Å²) in [6, 6.07) is 13.6. The Morgan fingerprint density at radius 3 is 2.75 bits per heavy atom. The van der Waals surface area contributed by atoms with Gasteiger partial charge in [-0.2, -0.15) is 0 Å². The van der Waals surface area contributed by atoms with E-state index >= 15 is 0 Å². The van der Waals surface area contributed by atoms with E-state index in [0.29, 0.717) is 17.9 Å². The summed E-state index contributed by atoms with van der Waals surface area (Å²) in [6.45, 7) is 4.73. The zero-order valence-electron chi connectivity index (χ0n) is 15.8. The number of hydrogen-bond acceptors (Lipinski definition) is 5. The number of aryl methyl sites for hydroxylation is 2. The van der Waals surface area contributed by atoms with Crippen LogP contribution in [0.15, 0.2) is 54.9 Å². The smallest absolute Gasteiger partial charge is 0.253 e. The van der Waals surface area contributed by atoms with E-state index in [1.807, 2.05) is 37.3 Å². The zero-order chi connectivity index (χ0) is 19.5. The van der Waals surface area contributed by atoms with Crippen LogP contribution in [0.2, 0.25) is 0 Å². The number of nitrogens with one attached hydrogen (secondary N) is 2. The third kappa shape index (κ3) is 3.91. The van der Waals surface area contributed by atoms with Gasteiger partial charge in [-0.3, -0.25) is 9.78 Å². The van der Waals surface area contributed by atoms with Gasteiger partial charge in [0.2, 0.25) is 6.79 Å². The van der Waals surface area contributed by atoms with Gasteiger partial charge in [-0.25, -0.2) is 0 Å². The number of fused-ring (bicyclic) bond motifs is 1. The maximum Gasteiger partial charge on any atom is 0.253 e. The number of pyridine rings is 1. The molecule has 0 radical (unpaired) electrons. The van der Waals surface area contributed by atoms with E-state index in [-0.39, 0.29) is 12.7 Å². The molecule has 0 bridgehead atoms. The van der Waals surface area contributed by atoms with Crippen LogP contribution in [-0.4, -0.2) is 17.7 Å². The predicted molar refractivity (Wildman–Crippen MR) is 107 cm³/mol. The average molecular weight is 375 g/mol. The minimum Gasteiger partial charge on any atom is -0.454 e. The summed E-state index contributed by atoms with van der Waals surface area (Å²) >= 11 is 0. The van der Waals surface area contributed by atoms with E-state index in [1.165, 1.54) is 5.56 Å². The van der Waals surface area contributed by atoms with Crippen molar-refractivity contribution in [3.8, 4) is 11.5 Å². The largest absolute Gasteiger partial charge is 0.454 e. The first kappa shape index (κ1) is 17.9. The van der Waals surface area contributed by atoms with Gasteiger partial charge < -0.3 is 20.1 Å². The number of benzene rings is 2. The minimum atomic E-state index is -0.186. The molecule has 4 rings (SSSR count). The topological polar surface area (TPSA) is 72.5 Å². The fourth-order valence-electron chi connectivity index (χ4n) is 3.08. The number of carbonyl (C=O) groups excluding carboxylic acids is 1. The number of aromatic nitrogens is 1. The van der Waals surface area contributed by atoms with Crippen LogP contribution in [0.25, 0.3) is 0 Å². The Hall–Kier alpha value is -3.54. The summed E-state index contributed by atoms with van der Waals surface area (Å²) < 4.78 is 10.7. The molecule has 1 aliphatic rings. The van der Waals surface area contributed by atoms with Gasteiger partial charge in [0.1, 0.15) is 0 Å². The van der Waals surface area contributed by atoms with E-state index in [9.17, 15) is 4.79 Å². The van der Waals surface area contributed by atoms with Gasteiger partial charge >= 0.3 is 0 Å². The SMILES string of the molecule is Cc1ccc(Nc2cncc(C(=O)NCc3ccc4c(c3)OCO4)c2)c(C)c1. The van der Waals surface area contributed by atoms with Gasteiger partial charge in [0.05, 0.1) is 17.4 Å². The first-order valence-electron chi connectivity index (χ1n) is 9.04. The first-order valence-corrected chi connectivity index (χ1v) is 9.04. The van der Waals surface area contributed by atoms with Gasteiger partial charge in [-0.15, -0.1) is 0 Å². The molecule has 2 N–H and O–H groups in total. The highest BCUT2D eigenvalue weighted by atomic mass is 16.7. The molecule has 1 aromatic heterocycles. The standard InChI is InChI=1S/C22H21N3O3/c1-14-3-5-19(15(2)7-14)25-18-9-17(11-23-12-18)22(26)24-10-16-4-6-20-21(8-16)28-13-27-20/h3-9,11-12,25H,10,13H2,1-2H3,(H,24,26). The monoisotopic (exact) mass is 375 g/mol. The van der Waals surface area contributed by atoms with Gasteiger partial charge in [0.25, 0.3) is 5.91 Å². The number of hydrogen-bond donors (Lipinski definition) is 2. The summed E-state index contributed by atoms with van der Waals surface area (Å²) in [7, 11) is 0. The number of rotatable bonds is 5. The van der Waals surface area contributed by atoms with E-state index in [1.54, 1.807) is 18.5 Å². The highest BCUT2D eigenvalue weighted by Gasteiger charge is 2.14. The van der Waals surface area contributed by atoms with Crippen molar-refractivity contribution in [3.05, 3.63) is 77.1 Å². The second kappa shape index (κ2) is 7.60. The maximum absolute atomic E-state index is 12.5. The van der Waals surface area contributed by atoms with Gasteiger partial charge in [0, 0.05) is 18.4 Å². The molecule has 0 saturated heterocycles. The predicted octanol–water partition coefficient (Wildman–Crippen LogP) is 4.10. The molecule has 0 spiro atoms. The van der Waals surface area contributed by atoms with Crippen LogP contribution < -0.4 is 20.1 Å². The molecular weight excluding hydrogens is 354 g/mol. The quantitative estimate of drug-likeness (QED) is 0.702. The Morgan fingerprint density at radius 1 is 1.04 bits per heavy atom. The Morgan fingerprint density at radius 2 is 1.89 bits per heavy atom. The number of ether oxygens (including phenoxy) is 2. The lowest BCUT2D eigenvalue weighted by atomic mass is 10.1. The van der Waals surface area contributed by atoms with Crippen LogP contribution in [0, 0.1) is 13.8 Å². The molecule has 2 heterocycles. The van der Waals surface area contributed by atoms with Crippen LogP contribution in [0.3, 0.4) is 0 Å². The number of anilines is 2. The lowest BCUT2D eigenvalue weighted by Crippen LogP contribution is -2.23. The molecular formula is C22H21N3O3. The molecule has 2 aromatic carbocycles. The fourth-order valence-corrected chi connectivity index (χ4v) is 3.08. The van der Waals surface area contributed by atoms with Crippen molar-refractivity contribution in [2.45, 2.75) is 20.4 Å². The molecule has 142 valence electrons. The Bertz CT molecular complexity index is 1030. The van der Waals surface area contributed by atoms with E-state index < -0.39 is 0 Å². The lowest BCUT2D eigenvalue weighted by Gasteiger charge is -2.11. The van der Waals surface area contributed by atoms with Crippen molar-refractivity contribution in [1.82, 2.24) is 10.3 Å². The van der Waals surface area contributed by atoms with Crippen molar-refractivity contribution in [2.75, 3.05) is 12.1 Å². The lowest BCUT2D eigenvalue weighted by molar-refractivity contribution is 0.0950. The van der Waals surface area contributed by atoms with Gasteiger partial charge in [-0.05, 0) is 49.2 Å². The van der Waals surface area contributed by atoms with Crippen LogP contribution in [0.1, 0.15) is 27.0 Å². The Labute approximate surface area is 163 Å². The van der Waals surface area contributed by atoms with Crippen molar-refractivity contribution in [1.29, 1.82) is 0 Å². The van der Waals surface area contributed by atoms with E-state index in [2.05, 4.69) is 28.6 Å². The Kier molecular flexibility index (Phi) is 4.85. The molecule has 0 atom stereocenters. The average Bonchev–Trinajstić information content (AvgIpc) is 3.16. The maximum atomic E-state index is 12.5. The van der Waals surface area contributed by atoms with Crippen LogP contribution >= 0.6 is 0 Å². The van der Waals surface area contributed by atoms with Crippen LogP contribution in [-0.2, 0) is 6.54 Å². The molecule has 0 fully saturated rings. The molecule has 6 heteroatoms. The van der Waals surface area contributed by atoms with Crippen molar-refractivity contribution in [2.24, 2.45) is 0 Å². The normalized spacial score (nSPS) is 11.9. The van der Waals surface area contributed by atoms with E-state index in [0.717, 1.165) is 28.3 Å². The van der Waals surface area contributed by atoms with Crippen molar-refractivity contribution < 1.29 is 14.3 Å². The fraction of sp³-hybridized carbons (Fsp3) is 0.182. The third-order valence-corrected chi connectivity index (χ3v) is 4.55.